The molecule has 0 aromatic carbocycles. The molecule has 0 radical (unpaired) electrons. The Kier molecular flexibility index (Phi) is 4.05. The van der Waals surface area contributed by atoms with Crippen molar-refractivity contribution in [3.63, 3.8) is 0 Å². The van der Waals surface area contributed by atoms with Crippen molar-refractivity contribution in [2.45, 2.75) is 56.6 Å². The number of rotatable bonds is 3. The molecule has 2 fully saturated rings. The van der Waals surface area contributed by atoms with Crippen molar-refractivity contribution in [3.05, 3.63) is 0 Å². The molecular weight excluding hydrogens is 216 g/mol. The van der Waals surface area contributed by atoms with Crippen molar-refractivity contribution in [1.82, 2.24) is 4.90 Å². The van der Waals surface area contributed by atoms with Crippen LogP contribution in [0.2, 0.25) is 0 Å². The van der Waals surface area contributed by atoms with Gasteiger partial charge >= 0.3 is 5.97 Å². The van der Waals surface area contributed by atoms with Gasteiger partial charge in [0.15, 0.2) is 0 Å². The molecule has 4 heteroatoms. The molecule has 0 aromatic heterocycles. The maximum Gasteiger partial charge on any atom is 0.307 e. The molecule has 0 amide bonds. The predicted octanol–water partition coefficient (Wildman–Crippen LogP) is 1.29. The number of likely N-dealkylation sites (tertiary alicyclic amines) is 1. The summed E-state index contributed by atoms with van der Waals surface area (Å²) in [6.07, 6.45) is 6.67. The molecule has 2 aliphatic rings. The van der Waals surface area contributed by atoms with Crippen LogP contribution in [0.1, 0.15) is 44.9 Å². The smallest absolute Gasteiger partial charge is 0.307 e. The second-order valence-corrected chi connectivity index (χ2v) is 5.74. The van der Waals surface area contributed by atoms with Gasteiger partial charge in [0, 0.05) is 18.6 Å². The number of ether oxygens (including phenoxy) is 1. The van der Waals surface area contributed by atoms with Crippen molar-refractivity contribution in [2.24, 2.45) is 5.73 Å². The van der Waals surface area contributed by atoms with Crippen molar-refractivity contribution < 1.29 is 9.53 Å². The molecule has 1 saturated carbocycles. The highest BCUT2D eigenvalue weighted by Gasteiger charge is 2.33. The van der Waals surface area contributed by atoms with Crippen LogP contribution in [0.3, 0.4) is 0 Å². The molecule has 1 aliphatic carbocycles. The van der Waals surface area contributed by atoms with E-state index in [9.17, 15) is 4.79 Å². The summed E-state index contributed by atoms with van der Waals surface area (Å²) >= 11 is 0. The van der Waals surface area contributed by atoms with Gasteiger partial charge in [-0.2, -0.15) is 0 Å². The zero-order valence-electron chi connectivity index (χ0n) is 10.8. The van der Waals surface area contributed by atoms with Crippen LogP contribution in [0.15, 0.2) is 0 Å². The van der Waals surface area contributed by atoms with Gasteiger partial charge in [-0.05, 0) is 32.7 Å². The Balaban J connectivity index is 1.73. The fraction of sp³-hybridized carbons (Fsp3) is 0.923. The molecule has 98 valence electrons. The summed E-state index contributed by atoms with van der Waals surface area (Å²) in [4.78, 5) is 14.1. The Morgan fingerprint density at radius 2 is 1.94 bits per heavy atom. The molecule has 1 heterocycles. The number of piperidine rings is 1. The van der Waals surface area contributed by atoms with Gasteiger partial charge in [-0.25, -0.2) is 0 Å². The quantitative estimate of drug-likeness (QED) is 0.755. The Morgan fingerprint density at radius 1 is 1.35 bits per heavy atom. The minimum Gasteiger partial charge on any atom is -0.462 e. The van der Waals surface area contributed by atoms with E-state index in [1.54, 1.807) is 0 Å². The SMILES string of the molecule is CN1CCC(OC(=O)CC2(N)CCCC2)CC1. The van der Waals surface area contributed by atoms with Crippen molar-refractivity contribution in [3.8, 4) is 0 Å². The lowest BCUT2D eigenvalue weighted by molar-refractivity contribution is -0.152. The zero-order valence-corrected chi connectivity index (χ0v) is 10.8. The summed E-state index contributed by atoms with van der Waals surface area (Å²) in [5.41, 5.74) is 5.90. The topological polar surface area (TPSA) is 55.6 Å². The summed E-state index contributed by atoms with van der Waals surface area (Å²) in [6, 6.07) is 0. The molecule has 2 rings (SSSR count). The summed E-state index contributed by atoms with van der Waals surface area (Å²) < 4.78 is 5.52. The zero-order chi connectivity index (χ0) is 12.3. The van der Waals surface area contributed by atoms with Gasteiger partial charge in [0.1, 0.15) is 6.10 Å². The lowest BCUT2D eigenvalue weighted by atomic mass is 9.95. The van der Waals surface area contributed by atoms with Gasteiger partial charge in [-0.15, -0.1) is 0 Å². The first kappa shape index (κ1) is 12.8. The summed E-state index contributed by atoms with van der Waals surface area (Å²) in [6.45, 7) is 2.04. The number of hydrogen-bond acceptors (Lipinski definition) is 4. The molecule has 0 aromatic rings. The van der Waals surface area contributed by atoms with Crippen molar-refractivity contribution in [2.75, 3.05) is 20.1 Å². The molecule has 17 heavy (non-hydrogen) atoms. The maximum absolute atomic E-state index is 11.8. The van der Waals surface area contributed by atoms with Crippen molar-refractivity contribution >= 4 is 5.97 Å². The van der Waals surface area contributed by atoms with E-state index in [1.165, 1.54) is 0 Å². The van der Waals surface area contributed by atoms with Gasteiger partial charge in [-0.3, -0.25) is 4.79 Å². The fourth-order valence-corrected chi connectivity index (χ4v) is 2.87. The van der Waals surface area contributed by atoms with E-state index < -0.39 is 0 Å². The van der Waals surface area contributed by atoms with E-state index in [4.69, 9.17) is 10.5 Å². The van der Waals surface area contributed by atoms with Gasteiger partial charge in [0.25, 0.3) is 0 Å². The minimum absolute atomic E-state index is 0.0936. The number of esters is 1. The van der Waals surface area contributed by atoms with Gasteiger partial charge in [0.2, 0.25) is 0 Å². The lowest BCUT2D eigenvalue weighted by Crippen LogP contribution is -2.41. The molecule has 1 aliphatic heterocycles. The monoisotopic (exact) mass is 240 g/mol. The van der Waals surface area contributed by atoms with Crippen LogP contribution in [-0.4, -0.2) is 42.6 Å². The van der Waals surface area contributed by atoms with E-state index in [-0.39, 0.29) is 17.6 Å². The number of nitrogens with two attached hydrogens (primary N) is 1. The predicted molar refractivity (Wildman–Crippen MR) is 66.6 cm³/mol. The molecule has 0 bridgehead atoms. The van der Waals surface area contributed by atoms with Crippen LogP contribution in [0.25, 0.3) is 0 Å². The summed E-state index contributed by atoms with van der Waals surface area (Å²) in [5.74, 6) is -0.0936. The van der Waals surface area contributed by atoms with Crippen LogP contribution >= 0.6 is 0 Å². The largest absolute Gasteiger partial charge is 0.462 e. The maximum atomic E-state index is 11.8. The lowest BCUT2D eigenvalue weighted by Gasteiger charge is -2.30. The van der Waals surface area contributed by atoms with E-state index in [0.717, 1.165) is 51.6 Å². The summed E-state index contributed by atoms with van der Waals surface area (Å²) in [7, 11) is 2.10. The third-order valence-corrected chi connectivity index (χ3v) is 4.06. The molecular formula is C13H24N2O2. The second-order valence-electron chi connectivity index (χ2n) is 5.74. The van der Waals surface area contributed by atoms with Crippen LogP contribution in [0.5, 0.6) is 0 Å². The van der Waals surface area contributed by atoms with E-state index in [2.05, 4.69) is 11.9 Å². The first-order valence-corrected chi connectivity index (χ1v) is 6.74. The first-order chi connectivity index (χ1) is 8.07. The summed E-state index contributed by atoms with van der Waals surface area (Å²) in [5, 5.41) is 0. The number of nitrogens with zero attached hydrogens (tertiary/aromatic N) is 1. The number of hydrogen-bond donors (Lipinski definition) is 1. The van der Waals surface area contributed by atoms with E-state index in [1.807, 2.05) is 0 Å². The molecule has 0 unspecified atom stereocenters. The van der Waals surface area contributed by atoms with E-state index in [0.29, 0.717) is 6.42 Å². The van der Waals surface area contributed by atoms with E-state index >= 15 is 0 Å². The minimum atomic E-state index is -0.275. The molecule has 0 spiro atoms. The number of carbonyl (C=O) groups is 1. The molecule has 4 nitrogen and oxygen atoms in total. The Bertz CT molecular complexity index is 267. The van der Waals surface area contributed by atoms with Crippen molar-refractivity contribution in [1.29, 1.82) is 0 Å². The number of carbonyl (C=O) groups excluding carboxylic acids is 1. The highest BCUT2D eigenvalue weighted by atomic mass is 16.5. The Hall–Kier alpha value is -0.610. The van der Waals surface area contributed by atoms with Gasteiger partial charge in [0.05, 0.1) is 6.42 Å². The molecule has 0 atom stereocenters. The van der Waals surface area contributed by atoms with Crippen LogP contribution in [-0.2, 0) is 9.53 Å². The highest BCUT2D eigenvalue weighted by molar-refractivity contribution is 5.71. The standard InChI is InChI=1S/C13H24N2O2/c1-15-8-4-11(5-9-15)17-12(16)10-13(14)6-2-3-7-13/h11H,2-10,14H2,1H3. The van der Waals surface area contributed by atoms with Gasteiger partial charge in [-0.1, -0.05) is 12.8 Å². The molecule has 1 saturated heterocycles. The van der Waals surface area contributed by atoms with Crippen LogP contribution in [0, 0.1) is 0 Å². The third-order valence-electron chi connectivity index (χ3n) is 4.06. The Morgan fingerprint density at radius 3 is 2.53 bits per heavy atom. The molecule has 2 N–H and O–H groups in total. The van der Waals surface area contributed by atoms with Gasteiger partial charge < -0.3 is 15.4 Å². The average molecular weight is 240 g/mol. The normalized spacial score (nSPS) is 26.0. The highest BCUT2D eigenvalue weighted by Crippen LogP contribution is 2.30. The second kappa shape index (κ2) is 5.36. The Labute approximate surface area is 103 Å². The fourth-order valence-electron chi connectivity index (χ4n) is 2.87. The third kappa shape index (κ3) is 3.68. The van der Waals surface area contributed by atoms with Crippen LogP contribution in [0.4, 0.5) is 0 Å². The van der Waals surface area contributed by atoms with Crippen LogP contribution < -0.4 is 5.73 Å². The first-order valence-electron chi connectivity index (χ1n) is 6.74. The average Bonchev–Trinajstić information content (AvgIpc) is 2.68.